The molecule has 5 nitrogen and oxygen atoms in total. The summed E-state index contributed by atoms with van der Waals surface area (Å²) in [7, 11) is 0. The maximum absolute atomic E-state index is 13.9. The minimum Gasteiger partial charge on any atom is -0.374 e. The zero-order valence-electron chi connectivity index (χ0n) is 15.9. The third-order valence-electron chi connectivity index (χ3n) is 4.65. The molecule has 1 amide bonds. The van der Waals surface area contributed by atoms with Crippen LogP contribution in [0.15, 0.2) is 41.6 Å². The van der Waals surface area contributed by atoms with Gasteiger partial charge in [-0.3, -0.25) is 4.79 Å². The van der Waals surface area contributed by atoms with Crippen LogP contribution in [0.4, 0.5) is 17.6 Å². The number of hydrogen-bond donors (Lipinski definition) is 1. The molecule has 0 saturated carbocycles. The van der Waals surface area contributed by atoms with Gasteiger partial charge in [-0.25, -0.2) is 9.37 Å². The fourth-order valence-electron chi connectivity index (χ4n) is 3.05. The lowest BCUT2D eigenvalue weighted by Gasteiger charge is -2.29. The summed E-state index contributed by atoms with van der Waals surface area (Å²) < 4.78 is 55.2. The molecule has 1 unspecified atom stereocenters. The molecule has 1 N–H and O–H groups in total. The van der Waals surface area contributed by atoms with Crippen molar-refractivity contribution in [3.8, 4) is 0 Å². The van der Waals surface area contributed by atoms with E-state index in [1.165, 1.54) is 12.1 Å². The van der Waals surface area contributed by atoms with Crippen molar-refractivity contribution in [2.45, 2.75) is 44.5 Å². The molecule has 1 aliphatic heterocycles. The first kappa shape index (κ1) is 22.0. The highest BCUT2D eigenvalue weighted by Crippen LogP contribution is 2.48. The number of rotatable bonds is 6. The average Bonchev–Trinajstić information content (AvgIpc) is 3.14. The molecule has 160 valence electrons. The topological polar surface area (TPSA) is 63.6 Å². The summed E-state index contributed by atoms with van der Waals surface area (Å²) in [6, 6.07) is 7.13. The van der Waals surface area contributed by atoms with E-state index in [2.05, 4.69) is 15.5 Å². The number of alkyl halides is 3. The lowest BCUT2D eigenvalue weighted by Crippen LogP contribution is -2.42. The number of oxime groups is 1. The summed E-state index contributed by atoms with van der Waals surface area (Å²) in [6.07, 6.45) is -4.46. The highest BCUT2D eigenvalue weighted by Gasteiger charge is 2.62. The molecular formula is C20H18ClF4N3O2. The molecule has 30 heavy (non-hydrogen) atoms. The Morgan fingerprint density at radius 1 is 1.30 bits per heavy atom. The number of hydrogen-bond acceptors (Lipinski definition) is 4. The van der Waals surface area contributed by atoms with Gasteiger partial charge in [-0.2, -0.15) is 13.2 Å². The summed E-state index contributed by atoms with van der Waals surface area (Å²) >= 11 is 6.14. The summed E-state index contributed by atoms with van der Waals surface area (Å²) in [6.45, 7) is 2.02. The lowest BCUT2D eigenvalue weighted by molar-refractivity contribution is -0.275. The zero-order valence-corrected chi connectivity index (χ0v) is 16.6. The summed E-state index contributed by atoms with van der Waals surface area (Å²) in [4.78, 5) is 20.5. The Labute approximate surface area is 175 Å². The van der Waals surface area contributed by atoms with Gasteiger partial charge >= 0.3 is 6.18 Å². The van der Waals surface area contributed by atoms with Crippen molar-refractivity contribution in [2.75, 3.05) is 0 Å². The first-order chi connectivity index (χ1) is 14.2. The molecular weight excluding hydrogens is 426 g/mol. The van der Waals surface area contributed by atoms with Crippen LogP contribution >= 0.6 is 11.6 Å². The second kappa shape index (κ2) is 8.59. The van der Waals surface area contributed by atoms with Crippen LogP contribution in [-0.2, 0) is 21.8 Å². The van der Waals surface area contributed by atoms with Crippen LogP contribution in [0.1, 0.15) is 43.0 Å². The van der Waals surface area contributed by atoms with Gasteiger partial charge in [0.2, 0.25) is 5.91 Å². The van der Waals surface area contributed by atoms with E-state index in [4.69, 9.17) is 16.4 Å². The quantitative estimate of drug-likeness (QED) is 0.511. The predicted molar refractivity (Wildman–Crippen MR) is 102 cm³/mol. The van der Waals surface area contributed by atoms with E-state index in [9.17, 15) is 22.4 Å². The fraction of sp³-hybridized carbons (Fsp3) is 0.350. The van der Waals surface area contributed by atoms with Gasteiger partial charge in [0.25, 0.3) is 5.60 Å². The summed E-state index contributed by atoms with van der Waals surface area (Å²) in [5.41, 5.74) is -2.66. The largest absolute Gasteiger partial charge is 0.435 e. The molecule has 0 radical (unpaired) electrons. The lowest BCUT2D eigenvalue weighted by atomic mass is 9.87. The Bertz CT molecular complexity index is 981. The predicted octanol–water partition coefficient (Wildman–Crippen LogP) is 4.87. The van der Waals surface area contributed by atoms with Gasteiger partial charge in [-0.05, 0) is 24.6 Å². The molecule has 0 spiro atoms. The smallest absolute Gasteiger partial charge is 0.374 e. The molecule has 1 atom stereocenters. The van der Waals surface area contributed by atoms with Crippen LogP contribution in [0, 0.1) is 5.82 Å². The van der Waals surface area contributed by atoms with Gasteiger partial charge in [-0.1, -0.05) is 41.9 Å². The van der Waals surface area contributed by atoms with Crippen LogP contribution in [-0.4, -0.2) is 22.8 Å². The molecule has 1 aromatic heterocycles. The Morgan fingerprint density at radius 3 is 2.70 bits per heavy atom. The zero-order chi connectivity index (χ0) is 21.9. The summed E-state index contributed by atoms with van der Waals surface area (Å²) in [5, 5.41) is 6.30. The maximum Gasteiger partial charge on any atom is 0.435 e. The third-order valence-corrected chi connectivity index (χ3v) is 4.98. The van der Waals surface area contributed by atoms with Crippen molar-refractivity contribution in [1.29, 1.82) is 0 Å². The first-order valence-corrected chi connectivity index (χ1v) is 9.54. The van der Waals surface area contributed by atoms with E-state index in [0.29, 0.717) is 18.4 Å². The highest BCUT2D eigenvalue weighted by molar-refractivity contribution is 6.30. The average molecular weight is 444 g/mol. The minimum absolute atomic E-state index is 0.0299. The molecule has 2 heterocycles. The van der Waals surface area contributed by atoms with Crippen molar-refractivity contribution in [3.05, 3.63) is 64.2 Å². The molecule has 0 saturated heterocycles. The number of halogens is 5. The second-order valence-electron chi connectivity index (χ2n) is 6.81. The molecule has 2 aromatic rings. The van der Waals surface area contributed by atoms with Gasteiger partial charge < -0.3 is 10.2 Å². The Morgan fingerprint density at radius 2 is 2.07 bits per heavy atom. The Kier molecular flexibility index (Phi) is 6.30. The standard InChI is InChI=1S/C20H18ClF4N3O2/c1-2-4-17(29)26-11-12-7-8-15(27-18(12)21)16-10-19(30-28-16,20(23,24)25)13-5-3-6-14(22)9-13/h3,5-9H,2,4,10-11H2,1H3,(H,26,29). The maximum atomic E-state index is 13.9. The number of aromatic nitrogens is 1. The van der Waals surface area contributed by atoms with E-state index >= 15 is 0 Å². The molecule has 0 fully saturated rings. The molecule has 0 aliphatic carbocycles. The number of amides is 1. The van der Waals surface area contributed by atoms with Crippen molar-refractivity contribution >= 4 is 23.2 Å². The van der Waals surface area contributed by atoms with E-state index in [1.54, 1.807) is 6.07 Å². The van der Waals surface area contributed by atoms with Crippen LogP contribution in [0.3, 0.4) is 0 Å². The fourth-order valence-corrected chi connectivity index (χ4v) is 3.27. The molecule has 1 aliphatic rings. The van der Waals surface area contributed by atoms with E-state index in [-0.39, 0.29) is 29.0 Å². The molecule has 0 bridgehead atoms. The van der Waals surface area contributed by atoms with Gasteiger partial charge in [0, 0.05) is 24.1 Å². The van der Waals surface area contributed by atoms with Gasteiger partial charge in [-0.15, -0.1) is 0 Å². The van der Waals surface area contributed by atoms with Gasteiger partial charge in [0.15, 0.2) is 0 Å². The second-order valence-corrected chi connectivity index (χ2v) is 7.17. The number of carbonyl (C=O) groups is 1. The van der Waals surface area contributed by atoms with E-state index < -0.39 is 29.6 Å². The molecule has 1 aromatic carbocycles. The number of nitrogens with one attached hydrogen (secondary N) is 1. The van der Waals surface area contributed by atoms with Crippen LogP contribution in [0.2, 0.25) is 5.15 Å². The molecule has 10 heteroatoms. The molecule has 3 rings (SSSR count). The normalized spacial score (nSPS) is 18.7. The third kappa shape index (κ3) is 4.40. The van der Waals surface area contributed by atoms with Crippen LogP contribution in [0.5, 0.6) is 0 Å². The Balaban J connectivity index is 1.82. The Hall–Kier alpha value is -2.68. The van der Waals surface area contributed by atoms with Crippen molar-refractivity contribution in [3.63, 3.8) is 0 Å². The van der Waals surface area contributed by atoms with E-state index in [0.717, 1.165) is 18.2 Å². The first-order valence-electron chi connectivity index (χ1n) is 9.16. The van der Waals surface area contributed by atoms with Crippen LogP contribution in [0.25, 0.3) is 0 Å². The van der Waals surface area contributed by atoms with E-state index in [1.807, 2.05) is 6.92 Å². The number of pyridine rings is 1. The van der Waals surface area contributed by atoms with Gasteiger partial charge in [0.05, 0.1) is 12.1 Å². The number of carbonyl (C=O) groups excluding carboxylic acids is 1. The van der Waals surface area contributed by atoms with Crippen molar-refractivity contribution < 1.29 is 27.2 Å². The summed E-state index contributed by atoms with van der Waals surface area (Å²) in [5.74, 6) is -0.958. The SMILES string of the molecule is CCCC(=O)NCc1ccc(C2=NOC(c3cccc(F)c3)(C(F)(F)F)C2)nc1Cl. The number of nitrogens with zero attached hydrogens (tertiary/aromatic N) is 2. The van der Waals surface area contributed by atoms with Gasteiger partial charge in [0.1, 0.15) is 16.7 Å². The number of benzene rings is 1. The monoisotopic (exact) mass is 443 g/mol. The van der Waals surface area contributed by atoms with Crippen molar-refractivity contribution in [1.82, 2.24) is 10.3 Å². The van der Waals surface area contributed by atoms with Crippen molar-refractivity contribution in [2.24, 2.45) is 5.16 Å². The minimum atomic E-state index is -4.85. The van der Waals surface area contributed by atoms with Crippen LogP contribution < -0.4 is 5.32 Å². The highest BCUT2D eigenvalue weighted by atomic mass is 35.5.